The fourth-order valence-electron chi connectivity index (χ4n) is 1.17. The van der Waals surface area contributed by atoms with Gasteiger partial charge in [-0.1, -0.05) is 12.1 Å². The average molecular weight is 201 g/mol. The molecule has 14 heavy (non-hydrogen) atoms. The van der Waals surface area contributed by atoms with Crippen LogP contribution in [0.15, 0.2) is 18.2 Å². The van der Waals surface area contributed by atoms with Crippen molar-refractivity contribution in [3.05, 3.63) is 35.4 Å². The molecule has 0 aliphatic heterocycles. The van der Waals surface area contributed by atoms with Crippen molar-refractivity contribution in [3.63, 3.8) is 0 Å². The van der Waals surface area contributed by atoms with E-state index in [1.807, 2.05) is 0 Å². The molecule has 1 aromatic carbocycles. The minimum Gasteiger partial charge on any atom is -0.389 e. The number of nitrogens with two attached hydrogens (primary N) is 1. The molecule has 0 saturated heterocycles. The van der Waals surface area contributed by atoms with Crippen LogP contribution in [-0.2, 0) is 6.42 Å². The molecule has 1 atom stereocenters. The summed E-state index contributed by atoms with van der Waals surface area (Å²) in [4.78, 5) is 0. The molecular weight excluding hydrogens is 188 g/mol. The van der Waals surface area contributed by atoms with Gasteiger partial charge in [0.25, 0.3) is 0 Å². The van der Waals surface area contributed by atoms with Gasteiger partial charge in [0, 0.05) is 13.0 Å². The van der Waals surface area contributed by atoms with Crippen molar-refractivity contribution in [3.8, 4) is 0 Å². The standard InChI is InChI=1S/C10H13F2NO/c1-10(14,6-13)5-7-3-2-4-8(11)9(7)12/h2-4,14H,5-6,13H2,1H3. The van der Waals surface area contributed by atoms with Gasteiger partial charge in [-0.25, -0.2) is 8.78 Å². The molecule has 78 valence electrons. The summed E-state index contributed by atoms with van der Waals surface area (Å²) in [6.07, 6.45) is 0.00704. The lowest BCUT2D eigenvalue weighted by molar-refractivity contribution is 0.0685. The third kappa shape index (κ3) is 2.49. The average Bonchev–Trinajstić information content (AvgIpc) is 2.13. The summed E-state index contributed by atoms with van der Waals surface area (Å²) in [7, 11) is 0. The zero-order chi connectivity index (χ0) is 10.8. The first-order valence-electron chi connectivity index (χ1n) is 4.31. The van der Waals surface area contributed by atoms with Gasteiger partial charge in [-0.3, -0.25) is 0 Å². The van der Waals surface area contributed by atoms with E-state index >= 15 is 0 Å². The maximum atomic E-state index is 13.1. The third-order valence-corrected chi connectivity index (χ3v) is 2.04. The molecule has 4 heteroatoms. The lowest BCUT2D eigenvalue weighted by atomic mass is 9.96. The molecule has 1 unspecified atom stereocenters. The predicted molar refractivity (Wildman–Crippen MR) is 49.7 cm³/mol. The van der Waals surface area contributed by atoms with Crippen LogP contribution in [0.1, 0.15) is 12.5 Å². The van der Waals surface area contributed by atoms with Crippen molar-refractivity contribution in [2.75, 3.05) is 6.54 Å². The summed E-state index contributed by atoms with van der Waals surface area (Å²) in [5.74, 6) is -1.82. The molecule has 0 bridgehead atoms. The van der Waals surface area contributed by atoms with E-state index in [0.29, 0.717) is 0 Å². The first-order chi connectivity index (χ1) is 6.46. The topological polar surface area (TPSA) is 46.2 Å². The maximum Gasteiger partial charge on any atom is 0.162 e. The lowest BCUT2D eigenvalue weighted by Gasteiger charge is -2.21. The quantitative estimate of drug-likeness (QED) is 0.772. The molecule has 0 aliphatic rings. The van der Waals surface area contributed by atoms with Crippen molar-refractivity contribution >= 4 is 0 Å². The summed E-state index contributed by atoms with van der Waals surface area (Å²) >= 11 is 0. The number of aliphatic hydroxyl groups is 1. The Balaban J connectivity index is 2.92. The molecule has 0 fully saturated rings. The van der Waals surface area contributed by atoms with E-state index in [1.54, 1.807) is 0 Å². The minimum atomic E-state index is -1.20. The smallest absolute Gasteiger partial charge is 0.162 e. The Morgan fingerprint density at radius 1 is 1.43 bits per heavy atom. The highest BCUT2D eigenvalue weighted by atomic mass is 19.2. The second kappa shape index (κ2) is 4.02. The van der Waals surface area contributed by atoms with Gasteiger partial charge in [-0.05, 0) is 18.6 Å². The Bertz CT molecular complexity index is 326. The van der Waals surface area contributed by atoms with Gasteiger partial charge in [0.15, 0.2) is 11.6 Å². The molecule has 0 radical (unpaired) electrons. The van der Waals surface area contributed by atoms with Gasteiger partial charge in [0.2, 0.25) is 0 Å². The highest BCUT2D eigenvalue weighted by Gasteiger charge is 2.21. The summed E-state index contributed by atoms with van der Waals surface area (Å²) in [6, 6.07) is 3.87. The van der Waals surface area contributed by atoms with Crippen LogP contribution >= 0.6 is 0 Å². The number of hydrogen-bond acceptors (Lipinski definition) is 2. The molecule has 3 N–H and O–H groups in total. The number of rotatable bonds is 3. The van der Waals surface area contributed by atoms with E-state index in [1.165, 1.54) is 19.1 Å². The van der Waals surface area contributed by atoms with E-state index in [4.69, 9.17) is 5.73 Å². The van der Waals surface area contributed by atoms with Crippen LogP contribution in [0.5, 0.6) is 0 Å². The van der Waals surface area contributed by atoms with Crippen LogP contribution in [0, 0.1) is 11.6 Å². The first-order valence-corrected chi connectivity index (χ1v) is 4.31. The second-order valence-corrected chi connectivity index (χ2v) is 3.59. The van der Waals surface area contributed by atoms with Gasteiger partial charge in [-0.2, -0.15) is 0 Å². The normalized spacial score (nSPS) is 15.2. The minimum absolute atomic E-state index is 0.00293. The van der Waals surface area contributed by atoms with E-state index in [0.717, 1.165) is 6.07 Å². The molecule has 0 aliphatic carbocycles. The molecule has 0 amide bonds. The Hall–Kier alpha value is -1.00. The second-order valence-electron chi connectivity index (χ2n) is 3.59. The Morgan fingerprint density at radius 3 is 2.64 bits per heavy atom. The van der Waals surface area contributed by atoms with Crippen molar-refractivity contribution in [2.24, 2.45) is 5.73 Å². The Labute approximate surface area is 81.4 Å². The summed E-state index contributed by atoms with van der Waals surface area (Å²) in [6.45, 7) is 1.49. The van der Waals surface area contributed by atoms with Crippen molar-refractivity contribution < 1.29 is 13.9 Å². The highest BCUT2D eigenvalue weighted by Crippen LogP contribution is 2.17. The van der Waals surface area contributed by atoms with Crippen LogP contribution in [-0.4, -0.2) is 17.3 Å². The summed E-state index contributed by atoms with van der Waals surface area (Å²) in [5, 5.41) is 9.58. The predicted octanol–water partition coefficient (Wildman–Crippen LogP) is 1.22. The fraction of sp³-hybridized carbons (Fsp3) is 0.400. The zero-order valence-electron chi connectivity index (χ0n) is 7.93. The molecule has 1 rings (SSSR count). The first kappa shape index (κ1) is 11.1. The van der Waals surface area contributed by atoms with Crippen LogP contribution in [0.4, 0.5) is 8.78 Å². The number of benzene rings is 1. The van der Waals surface area contributed by atoms with Crippen LogP contribution < -0.4 is 5.73 Å². The molecule has 0 spiro atoms. The van der Waals surface area contributed by atoms with Gasteiger partial charge in [-0.15, -0.1) is 0 Å². The van der Waals surface area contributed by atoms with Gasteiger partial charge < -0.3 is 10.8 Å². The highest BCUT2D eigenvalue weighted by molar-refractivity contribution is 5.20. The van der Waals surface area contributed by atoms with E-state index in [2.05, 4.69) is 0 Å². The number of halogens is 2. The van der Waals surface area contributed by atoms with Crippen molar-refractivity contribution in [1.29, 1.82) is 0 Å². The SMILES string of the molecule is CC(O)(CN)Cc1cccc(F)c1F. The Morgan fingerprint density at radius 2 is 2.07 bits per heavy atom. The third-order valence-electron chi connectivity index (χ3n) is 2.04. The van der Waals surface area contributed by atoms with Gasteiger partial charge >= 0.3 is 0 Å². The molecule has 1 aromatic rings. The molecule has 0 heterocycles. The molecule has 0 saturated carbocycles. The van der Waals surface area contributed by atoms with Crippen molar-refractivity contribution in [1.82, 2.24) is 0 Å². The van der Waals surface area contributed by atoms with Crippen LogP contribution in [0.3, 0.4) is 0 Å². The van der Waals surface area contributed by atoms with Crippen LogP contribution in [0.2, 0.25) is 0 Å². The molecule has 0 aromatic heterocycles. The maximum absolute atomic E-state index is 13.1. The molecule has 2 nitrogen and oxygen atoms in total. The lowest BCUT2D eigenvalue weighted by Crippen LogP contribution is -2.36. The van der Waals surface area contributed by atoms with Gasteiger partial charge in [0.1, 0.15) is 0 Å². The van der Waals surface area contributed by atoms with E-state index in [-0.39, 0.29) is 18.5 Å². The van der Waals surface area contributed by atoms with Gasteiger partial charge in [0.05, 0.1) is 5.60 Å². The van der Waals surface area contributed by atoms with E-state index in [9.17, 15) is 13.9 Å². The largest absolute Gasteiger partial charge is 0.389 e. The van der Waals surface area contributed by atoms with E-state index < -0.39 is 17.2 Å². The number of hydrogen-bond donors (Lipinski definition) is 2. The zero-order valence-corrected chi connectivity index (χ0v) is 7.93. The molecular formula is C10H13F2NO. The fourth-order valence-corrected chi connectivity index (χ4v) is 1.17. The Kier molecular flexibility index (Phi) is 3.18. The summed E-state index contributed by atoms with van der Waals surface area (Å²) < 4.78 is 25.9. The van der Waals surface area contributed by atoms with Crippen molar-refractivity contribution in [2.45, 2.75) is 18.9 Å². The monoisotopic (exact) mass is 201 g/mol. The summed E-state index contributed by atoms with van der Waals surface area (Å²) in [5.41, 5.74) is 4.22. The van der Waals surface area contributed by atoms with Crippen LogP contribution in [0.25, 0.3) is 0 Å².